The molecule has 14 heavy (non-hydrogen) atoms. The van der Waals surface area contributed by atoms with Crippen LogP contribution < -0.4 is 10.1 Å². The van der Waals surface area contributed by atoms with Gasteiger partial charge in [-0.1, -0.05) is 0 Å². The predicted molar refractivity (Wildman–Crippen MR) is 55.0 cm³/mol. The molecular weight excluding hydrogens is 178 g/mol. The molecule has 1 saturated carbocycles. The molecule has 0 atom stereocenters. The monoisotopic (exact) mass is 191 g/mol. The van der Waals surface area contributed by atoms with E-state index in [2.05, 4.69) is 5.32 Å². The molecule has 1 N–H and O–H groups in total. The van der Waals surface area contributed by atoms with E-state index < -0.39 is 0 Å². The first kappa shape index (κ1) is 9.06. The quantitative estimate of drug-likeness (QED) is 0.740. The third-order valence-corrected chi connectivity index (χ3v) is 2.25. The first-order chi connectivity index (χ1) is 6.83. The summed E-state index contributed by atoms with van der Waals surface area (Å²) in [5.74, 6) is 0.786. The molecule has 0 radical (unpaired) electrons. The Balaban J connectivity index is 2.21. The van der Waals surface area contributed by atoms with Crippen molar-refractivity contribution in [2.24, 2.45) is 0 Å². The minimum absolute atomic E-state index is 0.370. The van der Waals surface area contributed by atoms with Crippen LogP contribution in [0, 0.1) is 0 Å². The standard InChI is InChI=1S/C11H13NO2/c1-12-11-5-4-10(6-8(11)7-13)14-9-2-3-9/h4-7,9,12H,2-3H2,1H3. The van der Waals surface area contributed by atoms with Crippen LogP contribution in [-0.2, 0) is 0 Å². The average molecular weight is 191 g/mol. The van der Waals surface area contributed by atoms with Gasteiger partial charge in [0.25, 0.3) is 0 Å². The maximum atomic E-state index is 10.7. The number of aldehydes is 1. The zero-order valence-electron chi connectivity index (χ0n) is 8.12. The van der Waals surface area contributed by atoms with E-state index in [9.17, 15) is 4.79 Å². The Morgan fingerprint density at radius 3 is 2.86 bits per heavy atom. The highest BCUT2D eigenvalue weighted by Crippen LogP contribution is 2.28. The Bertz CT molecular complexity index is 345. The van der Waals surface area contributed by atoms with E-state index in [0.29, 0.717) is 11.7 Å². The normalized spacial score (nSPS) is 14.9. The van der Waals surface area contributed by atoms with E-state index >= 15 is 0 Å². The van der Waals surface area contributed by atoms with Crippen molar-refractivity contribution in [3.05, 3.63) is 23.8 Å². The highest BCUT2D eigenvalue weighted by Gasteiger charge is 2.23. The fraction of sp³-hybridized carbons (Fsp3) is 0.364. The van der Waals surface area contributed by atoms with Gasteiger partial charge < -0.3 is 10.1 Å². The lowest BCUT2D eigenvalue weighted by Crippen LogP contribution is -1.99. The van der Waals surface area contributed by atoms with Crippen molar-refractivity contribution in [1.29, 1.82) is 0 Å². The van der Waals surface area contributed by atoms with Gasteiger partial charge in [-0.2, -0.15) is 0 Å². The van der Waals surface area contributed by atoms with E-state index in [1.807, 2.05) is 12.1 Å². The lowest BCUT2D eigenvalue weighted by Gasteiger charge is -2.08. The number of hydrogen-bond acceptors (Lipinski definition) is 3. The second-order valence-electron chi connectivity index (χ2n) is 3.43. The topological polar surface area (TPSA) is 38.3 Å². The summed E-state index contributed by atoms with van der Waals surface area (Å²) in [6, 6.07) is 5.52. The van der Waals surface area contributed by atoms with Crippen molar-refractivity contribution in [3.63, 3.8) is 0 Å². The zero-order valence-corrected chi connectivity index (χ0v) is 8.12. The zero-order chi connectivity index (χ0) is 9.97. The van der Waals surface area contributed by atoms with Crippen LogP contribution in [0.3, 0.4) is 0 Å². The molecule has 1 aromatic carbocycles. The molecule has 0 bridgehead atoms. The van der Waals surface area contributed by atoms with Crippen molar-refractivity contribution in [3.8, 4) is 5.75 Å². The number of rotatable bonds is 4. The third-order valence-electron chi connectivity index (χ3n) is 2.25. The summed E-state index contributed by atoms with van der Waals surface area (Å²) >= 11 is 0. The second-order valence-corrected chi connectivity index (χ2v) is 3.43. The number of benzene rings is 1. The minimum Gasteiger partial charge on any atom is -0.490 e. The van der Waals surface area contributed by atoms with Crippen molar-refractivity contribution < 1.29 is 9.53 Å². The molecular formula is C11H13NO2. The van der Waals surface area contributed by atoms with Crippen molar-refractivity contribution >= 4 is 12.0 Å². The molecule has 0 amide bonds. The van der Waals surface area contributed by atoms with Crippen LogP contribution in [0.2, 0.25) is 0 Å². The molecule has 3 heteroatoms. The highest BCUT2D eigenvalue weighted by molar-refractivity contribution is 5.84. The third kappa shape index (κ3) is 1.87. The highest BCUT2D eigenvalue weighted by atomic mass is 16.5. The van der Waals surface area contributed by atoms with Crippen LogP contribution in [-0.4, -0.2) is 19.4 Å². The number of hydrogen-bond donors (Lipinski definition) is 1. The second kappa shape index (κ2) is 3.70. The molecule has 74 valence electrons. The number of nitrogens with one attached hydrogen (secondary N) is 1. The molecule has 0 spiro atoms. The van der Waals surface area contributed by atoms with E-state index in [0.717, 1.165) is 30.6 Å². The van der Waals surface area contributed by atoms with E-state index in [4.69, 9.17) is 4.74 Å². The first-order valence-electron chi connectivity index (χ1n) is 4.77. The average Bonchev–Trinajstić information content (AvgIpc) is 3.01. The molecule has 0 aromatic heterocycles. The molecule has 1 aliphatic rings. The van der Waals surface area contributed by atoms with Crippen LogP contribution in [0.25, 0.3) is 0 Å². The molecule has 0 aliphatic heterocycles. The van der Waals surface area contributed by atoms with Crippen molar-refractivity contribution in [2.75, 3.05) is 12.4 Å². The van der Waals surface area contributed by atoms with Crippen molar-refractivity contribution in [1.82, 2.24) is 0 Å². The van der Waals surface area contributed by atoms with Gasteiger partial charge >= 0.3 is 0 Å². The van der Waals surface area contributed by atoms with Gasteiger partial charge in [-0.05, 0) is 31.0 Å². The molecule has 1 fully saturated rings. The lowest BCUT2D eigenvalue weighted by molar-refractivity contribution is 0.112. The van der Waals surface area contributed by atoms with Crippen LogP contribution in [0.4, 0.5) is 5.69 Å². The fourth-order valence-electron chi connectivity index (χ4n) is 1.32. The van der Waals surface area contributed by atoms with Crippen molar-refractivity contribution in [2.45, 2.75) is 18.9 Å². The first-order valence-corrected chi connectivity index (χ1v) is 4.77. The maximum Gasteiger partial charge on any atom is 0.152 e. The molecule has 0 unspecified atom stereocenters. The Labute approximate surface area is 83.1 Å². The summed E-state index contributed by atoms with van der Waals surface area (Å²) in [7, 11) is 1.80. The minimum atomic E-state index is 0.370. The summed E-state index contributed by atoms with van der Waals surface area (Å²) < 4.78 is 5.58. The maximum absolute atomic E-state index is 10.7. The number of carbonyl (C=O) groups is 1. The predicted octanol–water partition coefficient (Wildman–Crippen LogP) is 2.08. The van der Waals surface area contributed by atoms with Crippen LogP contribution in [0.5, 0.6) is 5.75 Å². The van der Waals surface area contributed by atoms with Gasteiger partial charge in [0.15, 0.2) is 6.29 Å². The fourth-order valence-corrected chi connectivity index (χ4v) is 1.32. The van der Waals surface area contributed by atoms with Gasteiger partial charge in [0.1, 0.15) is 5.75 Å². The van der Waals surface area contributed by atoms with Gasteiger partial charge in [0, 0.05) is 18.3 Å². The summed E-state index contributed by atoms with van der Waals surface area (Å²) in [6.07, 6.45) is 3.47. The molecule has 1 aromatic rings. The van der Waals surface area contributed by atoms with Gasteiger partial charge in [-0.3, -0.25) is 4.79 Å². The molecule has 0 saturated heterocycles. The Kier molecular flexibility index (Phi) is 2.39. The number of ether oxygens (including phenoxy) is 1. The Morgan fingerprint density at radius 2 is 2.29 bits per heavy atom. The number of carbonyl (C=O) groups excluding carboxylic acids is 1. The summed E-state index contributed by atoms with van der Waals surface area (Å²) in [5.41, 5.74) is 1.48. The van der Waals surface area contributed by atoms with Crippen LogP contribution in [0.1, 0.15) is 23.2 Å². The van der Waals surface area contributed by atoms with Gasteiger partial charge in [0.2, 0.25) is 0 Å². The Morgan fingerprint density at radius 1 is 1.50 bits per heavy atom. The number of anilines is 1. The SMILES string of the molecule is CNc1ccc(OC2CC2)cc1C=O. The molecule has 2 rings (SSSR count). The Hall–Kier alpha value is -1.51. The van der Waals surface area contributed by atoms with Gasteiger partial charge in [-0.15, -0.1) is 0 Å². The van der Waals surface area contributed by atoms with Crippen LogP contribution in [0.15, 0.2) is 18.2 Å². The van der Waals surface area contributed by atoms with E-state index in [1.54, 1.807) is 13.1 Å². The molecule has 3 nitrogen and oxygen atoms in total. The van der Waals surface area contributed by atoms with Crippen LogP contribution >= 0.6 is 0 Å². The van der Waals surface area contributed by atoms with Gasteiger partial charge in [-0.25, -0.2) is 0 Å². The lowest BCUT2D eigenvalue weighted by atomic mass is 10.2. The van der Waals surface area contributed by atoms with E-state index in [-0.39, 0.29) is 0 Å². The van der Waals surface area contributed by atoms with E-state index in [1.165, 1.54) is 0 Å². The largest absolute Gasteiger partial charge is 0.490 e. The molecule has 1 aliphatic carbocycles. The molecule has 0 heterocycles. The smallest absolute Gasteiger partial charge is 0.152 e. The summed E-state index contributed by atoms with van der Waals surface area (Å²) in [6.45, 7) is 0. The van der Waals surface area contributed by atoms with Gasteiger partial charge in [0.05, 0.1) is 6.10 Å². The summed E-state index contributed by atoms with van der Waals surface area (Å²) in [5, 5.41) is 2.96. The summed E-state index contributed by atoms with van der Waals surface area (Å²) in [4.78, 5) is 10.7.